The van der Waals surface area contributed by atoms with E-state index >= 15 is 0 Å². The maximum Gasteiger partial charge on any atom is 0.338 e. The first-order chi connectivity index (χ1) is 11.6. The van der Waals surface area contributed by atoms with E-state index in [4.69, 9.17) is 21.1 Å². The van der Waals surface area contributed by atoms with Gasteiger partial charge in [-0.15, -0.1) is 0 Å². The number of benzene rings is 1. The highest BCUT2D eigenvalue weighted by Crippen LogP contribution is 2.37. The van der Waals surface area contributed by atoms with Gasteiger partial charge in [-0.3, -0.25) is 0 Å². The standard InChI is InChI=1S/C16H17ClN4O3/c1-10-13(15(22)24-8-7-23-2)14(11-5-3-4-6-12(11)17)21-16(20-10)18-9-19-21/h3-6,9,14H,7-8H2,1-2H3,(H,18,19,20). The van der Waals surface area contributed by atoms with Crippen molar-refractivity contribution in [2.75, 3.05) is 25.6 Å². The van der Waals surface area contributed by atoms with Crippen LogP contribution in [0.25, 0.3) is 0 Å². The highest BCUT2D eigenvalue weighted by molar-refractivity contribution is 6.31. The molecule has 3 rings (SSSR count). The number of methoxy groups -OCH3 is 1. The monoisotopic (exact) mass is 348 g/mol. The fourth-order valence-electron chi connectivity index (χ4n) is 2.64. The van der Waals surface area contributed by atoms with Crippen LogP contribution < -0.4 is 5.32 Å². The summed E-state index contributed by atoms with van der Waals surface area (Å²) in [4.78, 5) is 16.8. The van der Waals surface area contributed by atoms with E-state index in [0.29, 0.717) is 28.8 Å². The molecule has 0 amide bonds. The number of hydrogen-bond donors (Lipinski definition) is 1. The van der Waals surface area contributed by atoms with Crippen molar-refractivity contribution in [2.45, 2.75) is 13.0 Å². The van der Waals surface area contributed by atoms with Crippen molar-refractivity contribution in [3.63, 3.8) is 0 Å². The first-order valence-corrected chi connectivity index (χ1v) is 7.79. The van der Waals surface area contributed by atoms with Gasteiger partial charge in [0.1, 0.15) is 19.0 Å². The Labute approximate surface area is 144 Å². The molecule has 8 heteroatoms. The molecule has 24 heavy (non-hydrogen) atoms. The minimum absolute atomic E-state index is 0.172. The van der Waals surface area contributed by atoms with E-state index in [0.717, 1.165) is 5.56 Å². The van der Waals surface area contributed by atoms with Gasteiger partial charge in [0.05, 0.1) is 12.2 Å². The quantitative estimate of drug-likeness (QED) is 0.660. The molecule has 1 aromatic heterocycles. The van der Waals surface area contributed by atoms with Crippen LogP contribution in [-0.2, 0) is 14.3 Å². The van der Waals surface area contributed by atoms with Crippen molar-refractivity contribution in [2.24, 2.45) is 0 Å². The summed E-state index contributed by atoms with van der Waals surface area (Å²) in [5.41, 5.74) is 1.85. The van der Waals surface area contributed by atoms with E-state index in [1.807, 2.05) is 18.2 Å². The predicted octanol–water partition coefficient (Wildman–Crippen LogP) is 2.41. The Balaban J connectivity index is 2.04. The van der Waals surface area contributed by atoms with Gasteiger partial charge in [0.2, 0.25) is 5.95 Å². The zero-order valence-electron chi connectivity index (χ0n) is 13.3. The van der Waals surface area contributed by atoms with E-state index in [-0.39, 0.29) is 6.61 Å². The summed E-state index contributed by atoms with van der Waals surface area (Å²) in [6, 6.07) is 6.83. The molecule has 1 N–H and O–H groups in total. The van der Waals surface area contributed by atoms with Crippen LogP contribution in [0.15, 0.2) is 41.9 Å². The van der Waals surface area contributed by atoms with Crippen LogP contribution in [0, 0.1) is 0 Å². The lowest BCUT2D eigenvalue weighted by atomic mass is 9.96. The van der Waals surface area contributed by atoms with Gasteiger partial charge in [-0.05, 0) is 13.0 Å². The fraction of sp³-hybridized carbons (Fsp3) is 0.312. The lowest BCUT2D eigenvalue weighted by molar-refractivity contribution is -0.140. The number of nitrogens with zero attached hydrogens (tertiary/aromatic N) is 3. The summed E-state index contributed by atoms with van der Waals surface area (Å²) < 4.78 is 11.9. The third-order valence-corrected chi connectivity index (χ3v) is 4.08. The van der Waals surface area contributed by atoms with Gasteiger partial charge in [-0.2, -0.15) is 10.1 Å². The van der Waals surface area contributed by atoms with Crippen LogP contribution in [0.5, 0.6) is 0 Å². The summed E-state index contributed by atoms with van der Waals surface area (Å²) in [5, 5.41) is 7.85. The minimum Gasteiger partial charge on any atom is -0.460 e. The predicted molar refractivity (Wildman–Crippen MR) is 88.8 cm³/mol. The Hall–Kier alpha value is -2.38. The van der Waals surface area contributed by atoms with Crippen LogP contribution in [-0.4, -0.2) is 41.1 Å². The molecule has 2 aromatic rings. The van der Waals surface area contributed by atoms with Crippen LogP contribution >= 0.6 is 11.6 Å². The lowest BCUT2D eigenvalue weighted by Gasteiger charge is -2.28. The Kier molecular flexibility index (Phi) is 4.82. The molecule has 0 saturated heterocycles. The van der Waals surface area contributed by atoms with Crippen molar-refractivity contribution in [3.05, 3.63) is 52.4 Å². The topological polar surface area (TPSA) is 78.3 Å². The van der Waals surface area contributed by atoms with E-state index in [1.54, 1.807) is 24.8 Å². The highest BCUT2D eigenvalue weighted by atomic mass is 35.5. The van der Waals surface area contributed by atoms with Crippen molar-refractivity contribution in [3.8, 4) is 0 Å². The maximum absolute atomic E-state index is 12.6. The summed E-state index contributed by atoms with van der Waals surface area (Å²) in [6.07, 6.45) is 1.43. The highest BCUT2D eigenvalue weighted by Gasteiger charge is 2.35. The molecule has 0 aliphatic carbocycles. The summed E-state index contributed by atoms with van der Waals surface area (Å²) in [5.74, 6) is 0.106. The number of esters is 1. The second-order valence-electron chi connectivity index (χ2n) is 5.24. The molecule has 0 fully saturated rings. The van der Waals surface area contributed by atoms with E-state index in [2.05, 4.69) is 15.4 Å². The number of carbonyl (C=O) groups excluding carboxylic acids is 1. The van der Waals surface area contributed by atoms with Crippen molar-refractivity contribution >= 4 is 23.5 Å². The normalized spacial score (nSPS) is 16.5. The number of aromatic nitrogens is 3. The molecular formula is C16H17ClN4O3. The maximum atomic E-state index is 12.6. The number of halogens is 1. The van der Waals surface area contributed by atoms with Gasteiger partial charge < -0.3 is 14.8 Å². The van der Waals surface area contributed by atoms with Crippen molar-refractivity contribution in [1.82, 2.24) is 14.8 Å². The molecule has 0 bridgehead atoms. The number of allylic oxidation sites excluding steroid dienone is 1. The Bertz CT molecular complexity index is 787. The minimum atomic E-state index is -0.507. The SMILES string of the molecule is COCCOC(=O)C1=C(C)Nc2ncnn2C1c1ccccc1Cl. The lowest BCUT2D eigenvalue weighted by Crippen LogP contribution is -2.30. The molecule has 1 aliphatic rings. The molecule has 2 heterocycles. The van der Waals surface area contributed by atoms with Gasteiger partial charge in [-0.25, -0.2) is 9.48 Å². The Morgan fingerprint density at radius 2 is 2.17 bits per heavy atom. The Morgan fingerprint density at radius 1 is 1.38 bits per heavy atom. The van der Waals surface area contributed by atoms with Gasteiger partial charge in [0, 0.05) is 23.4 Å². The fourth-order valence-corrected chi connectivity index (χ4v) is 2.87. The third kappa shape index (κ3) is 3.00. The number of anilines is 1. The summed E-state index contributed by atoms with van der Waals surface area (Å²) in [6.45, 7) is 2.30. The van der Waals surface area contributed by atoms with Gasteiger partial charge in [-0.1, -0.05) is 29.8 Å². The van der Waals surface area contributed by atoms with Gasteiger partial charge >= 0.3 is 5.97 Å². The smallest absolute Gasteiger partial charge is 0.338 e. The van der Waals surface area contributed by atoms with E-state index in [9.17, 15) is 4.79 Å². The molecular weight excluding hydrogens is 332 g/mol. The zero-order valence-corrected chi connectivity index (χ0v) is 14.1. The molecule has 1 aromatic carbocycles. The molecule has 1 aliphatic heterocycles. The third-order valence-electron chi connectivity index (χ3n) is 3.73. The molecule has 7 nitrogen and oxygen atoms in total. The molecule has 1 unspecified atom stereocenters. The Morgan fingerprint density at radius 3 is 2.92 bits per heavy atom. The van der Waals surface area contributed by atoms with Crippen LogP contribution in [0.4, 0.5) is 5.95 Å². The number of rotatable bonds is 5. The molecule has 126 valence electrons. The average molecular weight is 349 g/mol. The molecule has 0 spiro atoms. The molecule has 0 saturated carbocycles. The second-order valence-corrected chi connectivity index (χ2v) is 5.65. The summed E-state index contributed by atoms with van der Waals surface area (Å²) in [7, 11) is 1.55. The molecule has 0 radical (unpaired) electrons. The number of fused-ring (bicyclic) bond motifs is 1. The van der Waals surface area contributed by atoms with Crippen LogP contribution in [0.3, 0.4) is 0 Å². The van der Waals surface area contributed by atoms with Gasteiger partial charge in [0.25, 0.3) is 0 Å². The van der Waals surface area contributed by atoms with Crippen molar-refractivity contribution in [1.29, 1.82) is 0 Å². The average Bonchev–Trinajstić information content (AvgIpc) is 3.02. The van der Waals surface area contributed by atoms with E-state index < -0.39 is 12.0 Å². The number of nitrogens with one attached hydrogen (secondary N) is 1. The summed E-state index contributed by atoms with van der Waals surface area (Å²) >= 11 is 6.36. The first-order valence-electron chi connectivity index (χ1n) is 7.41. The molecule has 1 atom stereocenters. The van der Waals surface area contributed by atoms with Crippen LogP contribution in [0.1, 0.15) is 18.5 Å². The van der Waals surface area contributed by atoms with Gasteiger partial charge in [0.15, 0.2) is 0 Å². The number of carbonyl (C=O) groups is 1. The van der Waals surface area contributed by atoms with E-state index in [1.165, 1.54) is 6.33 Å². The van der Waals surface area contributed by atoms with Crippen molar-refractivity contribution < 1.29 is 14.3 Å². The number of ether oxygens (including phenoxy) is 2. The van der Waals surface area contributed by atoms with Crippen LogP contribution in [0.2, 0.25) is 5.02 Å². The largest absolute Gasteiger partial charge is 0.460 e. The zero-order chi connectivity index (χ0) is 17.1. The second kappa shape index (κ2) is 7.02. The number of hydrogen-bond acceptors (Lipinski definition) is 6. The first kappa shape index (κ1) is 16.5.